The third-order valence-electron chi connectivity index (χ3n) is 2.65. The van der Waals surface area contributed by atoms with E-state index in [9.17, 15) is 4.79 Å². The molecule has 0 spiro atoms. The fourth-order valence-corrected chi connectivity index (χ4v) is 4.51. The number of anilines is 1. The maximum Gasteiger partial charge on any atom is 0.236 e. The highest BCUT2D eigenvalue weighted by molar-refractivity contribution is 9.10. The molecule has 0 radical (unpaired) electrons. The number of carbonyl (C=O) groups is 1. The van der Waals surface area contributed by atoms with Gasteiger partial charge in [-0.15, -0.1) is 10.2 Å². The second-order valence-electron chi connectivity index (χ2n) is 4.25. The summed E-state index contributed by atoms with van der Waals surface area (Å²) in [5.74, 6) is 1.27. The van der Waals surface area contributed by atoms with Crippen LogP contribution in [-0.4, -0.2) is 38.5 Å². The molecular formula is C13H11BrN4OS3. The van der Waals surface area contributed by atoms with Crippen molar-refractivity contribution in [3.63, 3.8) is 0 Å². The van der Waals surface area contributed by atoms with Crippen LogP contribution in [0.4, 0.5) is 5.13 Å². The Morgan fingerprint density at radius 3 is 2.86 bits per heavy atom. The van der Waals surface area contributed by atoms with Crippen LogP contribution >= 0.6 is 50.8 Å². The minimum absolute atomic E-state index is 0.0845. The van der Waals surface area contributed by atoms with Gasteiger partial charge in [-0.1, -0.05) is 62.9 Å². The highest BCUT2D eigenvalue weighted by Gasteiger charge is 2.13. The highest BCUT2D eigenvalue weighted by Crippen LogP contribution is 2.28. The lowest BCUT2D eigenvalue weighted by Crippen LogP contribution is -2.14. The van der Waals surface area contributed by atoms with E-state index in [1.54, 1.807) is 11.8 Å². The van der Waals surface area contributed by atoms with Crippen LogP contribution < -0.4 is 5.32 Å². The molecule has 9 heteroatoms. The molecule has 1 N–H and O–H groups in total. The van der Waals surface area contributed by atoms with Gasteiger partial charge in [-0.2, -0.15) is 0 Å². The normalized spacial score (nSPS) is 14.0. The standard InChI is InChI=1S/C13H11BrN4OS3/c14-9-3-1-8(2-4-9)11-17-18-12(22-11)16-10(19)7-21-13-15-5-6-20-13/h1-4H,5-7H2,(H,16,18,19). The summed E-state index contributed by atoms with van der Waals surface area (Å²) in [4.78, 5) is 16.2. The second-order valence-corrected chi connectivity index (χ2v) is 8.45. The minimum Gasteiger partial charge on any atom is -0.300 e. The molecule has 0 fully saturated rings. The van der Waals surface area contributed by atoms with Crippen molar-refractivity contribution in [2.45, 2.75) is 0 Å². The number of halogens is 1. The Bertz CT molecular complexity index is 702. The molecule has 2 heterocycles. The number of rotatable bonds is 4. The van der Waals surface area contributed by atoms with E-state index in [2.05, 4.69) is 36.4 Å². The van der Waals surface area contributed by atoms with Gasteiger partial charge in [0.2, 0.25) is 11.0 Å². The van der Waals surface area contributed by atoms with Gasteiger partial charge >= 0.3 is 0 Å². The molecule has 1 aliphatic heterocycles. The molecular weight excluding hydrogens is 404 g/mol. The third kappa shape index (κ3) is 4.31. The summed E-state index contributed by atoms with van der Waals surface area (Å²) in [5.41, 5.74) is 0.979. The Morgan fingerprint density at radius 1 is 1.32 bits per heavy atom. The zero-order valence-electron chi connectivity index (χ0n) is 11.3. The van der Waals surface area contributed by atoms with Crippen LogP contribution in [0.2, 0.25) is 0 Å². The summed E-state index contributed by atoms with van der Waals surface area (Å²) in [6, 6.07) is 7.82. The average molecular weight is 415 g/mol. The number of thioether (sulfide) groups is 2. The summed E-state index contributed by atoms with van der Waals surface area (Å²) >= 11 is 7.93. The smallest absolute Gasteiger partial charge is 0.236 e. The molecule has 1 amide bonds. The monoisotopic (exact) mass is 414 g/mol. The van der Waals surface area contributed by atoms with E-state index in [4.69, 9.17) is 0 Å². The molecule has 1 aliphatic rings. The van der Waals surface area contributed by atoms with Gasteiger partial charge in [0.05, 0.1) is 12.3 Å². The molecule has 0 saturated carbocycles. The molecule has 5 nitrogen and oxygen atoms in total. The molecule has 0 atom stereocenters. The molecule has 1 aromatic carbocycles. The molecule has 3 rings (SSSR count). The molecule has 0 aliphatic carbocycles. The van der Waals surface area contributed by atoms with Gasteiger partial charge in [0.1, 0.15) is 9.38 Å². The molecule has 1 aromatic heterocycles. The topological polar surface area (TPSA) is 67.2 Å². The number of hydrogen-bond acceptors (Lipinski definition) is 7. The first-order valence-electron chi connectivity index (χ1n) is 6.40. The Balaban J connectivity index is 1.56. The number of amides is 1. The molecule has 2 aromatic rings. The number of carbonyl (C=O) groups excluding carboxylic acids is 1. The van der Waals surface area contributed by atoms with Gasteiger partial charge in [-0.25, -0.2) is 0 Å². The quantitative estimate of drug-likeness (QED) is 0.824. The van der Waals surface area contributed by atoms with Crippen LogP contribution in [0, 0.1) is 0 Å². The van der Waals surface area contributed by atoms with Crippen molar-refractivity contribution in [1.82, 2.24) is 10.2 Å². The van der Waals surface area contributed by atoms with Gasteiger partial charge in [0.25, 0.3) is 0 Å². The molecule has 114 valence electrons. The van der Waals surface area contributed by atoms with E-state index in [0.717, 1.165) is 31.7 Å². The van der Waals surface area contributed by atoms with Crippen molar-refractivity contribution in [2.24, 2.45) is 4.99 Å². The molecule has 0 unspecified atom stereocenters. The van der Waals surface area contributed by atoms with Crippen molar-refractivity contribution in [2.75, 3.05) is 23.4 Å². The van der Waals surface area contributed by atoms with Crippen LogP contribution in [0.1, 0.15) is 0 Å². The summed E-state index contributed by atoms with van der Waals surface area (Å²) in [6.07, 6.45) is 0. The number of hydrogen-bond donors (Lipinski definition) is 1. The van der Waals surface area contributed by atoms with Crippen molar-refractivity contribution in [1.29, 1.82) is 0 Å². The fourth-order valence-electron chi connectivity index (χ4n) is 1.67. The van der Waals surface area contributed by atoms with Crippen LogP contribution in [0.15, 0.2) is 33.7 Å². The van der Waals surface area contributed by atoms with Gasteiger partial charge in [0.15, 0.2) is 0 Å². The van der Waals surface area contributed by atoms with E-state index >= 15 is 0 Å². The number of benzene rings is 1. The van der Waals surface area contributed by atoms with Crippen molar-refractivity contribution >= 4 is 66.2 Å². The number of aliphatic imine (C=N–C) groups is 1. The fraction of sp³-hybridized carbons (Fsp3) is 0.231. The SMILES string of the molecule is O=C(CSC1=NCCS1)Nc1nnc(-c2ccc(Br)cc2)s1. The highest BCUT2D eigenvalue weighted by atomic mass is 79.9. The maximum atomic E-state index is 11.9. The minimum atomic E-state index is -0.0845. The van der Waals surface area contributed by atoms with Crippen LogP contribution in [0.5, 0.6) is 0 Å². The van der Waals surface area contributed by atoms with Crippen molar-refractivity contribution in [3.05, 3.63) is 28.7 Å². The Kier molecular flexibility index (Phi) is 5.51. The van der Waals surface area contributed by atoms with Crippen LogP contribution in [-0.2, 0) is 4.79 Å². The first-order chi connectivity index (χ1) is 10.7. The first-order valence-corrected chi connectivity index (χ1v) is 9.98. The summed E-state index contributed by atoms with van der Waals surface area (Å²) < 4.78 is 2.00. The van der Waals surface area contributed by atoms with Gasteiger partial charge < -0.3 is 0 Å². The van der Waals surface area contributed by atoms with Crippen LogP contribution in [0.25, 0.3) is 10.6 Å². The van der Waals surface area contributed by atoms with Crippen molar-refractivity contribution < 1.29 is 4.79 Å². The zero-order valence-corrected chi connectivity index (χ0v) is 15.3. The number of aromatic nitrogens is 2. The lowest BCUT2D eigenvalue weighted by atomic mass is 10.2. The Morgan fingerprint density at radius 2 is 2.14 bits per heavy atom. The van der Waals surface area contributed by atoms with E-state index in [-0.39, 0.29) is 5.91 Å². The summed E-state index contributed by atoms with van der Waals surface area (Å²) in [7, 11) is 0. The molecule has 0 saturated heterocycles. The van der Waals surface area contributed by atoms with E-state index in [1.807, 2.05) is 24.3 Å². The average Bonchev–Trinajstić information content (AvgIpc) is 3.17. The Labute approximate surface area is 148 Å². The van der Waals surface area contributed by atoms with E-state index in [1.165, 1.54) is 23.1 Å². The van der Waals surface area contributed by atoms with Gasteiger partial charge in [-0.3, -0.25) is 15.1 Å². The predicted molar refractivity (Wildman–Crippen MR) is 98.9 cm³/mol. The molecule has 22 heavy (non-hydrogen) atoms. The van der Waals surface area contributed by atoms with Gasteiger partial charge in [0, 0.05) is 15.8 Å². The lowest BCUT2D eigenvalue weighted by Gasteiger charge is -2.00. The maximum absolute atomic E-state index is 11.9. The van der Waals surface area contributed by atoms with Crippen molar-refractivity contribution in [3.8, 4) is 10.6 Å². The second kappa shape index (κ2) is 7.58. The number of nitrogens with zero attached hydrogens (tertiary/aromatic N) is 3. The van der Waals surface area contributed by atoms with Crippen LogP contribution in [0.3, 0.4) is 0 Å². The Hall–Kier alpha value is -0.900. The lowest BCUT2D eigenvalue weighted by molar-refractivity contribution is -0.113. The summed E-state index contributed by atoms with van der Waals surface area (Å²) in [5, 5.41) is 12.2. The van der Waals surface area contributed by atoms with E-state index in [0.29, 0.717) is 10.9 Å². The van der Waals surface area contributed by atoms with E-state index < -0.39 is 0 Å². The molecule has 0 bridgehead atoms. The third-order valence-corrected chi connectivity index (χ3v) is 6.32. The summed E-state index contributed by atoms with van der Waals surface area (Å²) in [6.45, 7) is 0.849. The number of nitrogens with one attached hydrogen (secondary N) is 1. The largest absolute Gasteiger partial charge is 0.300 e. The predicted octanol–water partition coefficient (Wildman–Crippen LogP) is 3.74. The van der Waals surface area contributed by atoms with Gasteiger partial charge in [-0.05, 0) is 12.1 Å². The zero-order chi connectivity index (χ0) is 15.4. The first kappa shape index (κ1) is 16.0.